The summed E-state index contributed by atoms with van der Waals surface area (Å²) in [4.78, 5) is 29.9. The fourth-order valence-corrected chi connectivity index (χ4v) is 3.80. The normalized spacial score (nSPS) is 23.0. The summed E-state index contributed by atoms with van der Waals surface area (Å²) in [7, 11) is 0. The lowest BCUT2D eigenvalue weighted by molar-refractivity contribution is -0.145. The Morgan fingerprint density at radius 1 is 1.44 bits per heavy atom. The summed E-state index contributed by atoms with van der Waals surface area (Å²) in [6.45, 7) is 5.52. The monoisotopic (exact) mass is 357 g/mol. The number of hydrogen-bond donors (Lipinski definition) is 0. The fraction of sp³-hybridized carbons (Fsp3) is 0.350. The minimum absolute atomic E-state index is 0.0593. The molecule has 1 aromatic carbocycles. The van der Waals surface area contributed by atoms with Gasteiger partial charge in [-0.25, -0.2) is 0 Å². The van der Waals surface area contributed by atoms with E-state index in [-0.39, 0.29) is 12.4 Å². The van der Waals surface area contributed by atoms with Gasteiger partial charge in [-0.15, -0.1) is 0 Å². The largest absolute Gasteiger partial charge is 0.461 e. The van der Waals surface area contributed by atoms with Crippen molar-refractivity contribution in [1.82, 2.24) is 0 Å². The highest BCUT2D eigenvalue weighted by Crippen LogP contribution is 2.43. The van der Waals surface area contributed by atoms with Crippen molar-refractivity contribution in [3.05, 3.63) is 58.8 Å². The molecular formula is C20H20ClNO3. The second kappa shape index (κ2) is 7.36. The lowest BCUT2D eigenvalue weighted by atomic mass is 9.72. The van der Waals surface area contributed by atoms with Crippen molar-refractivity contribution < 1.29 is 14.3 Å². The molecule has 0 saturated heterocycles. The highest BCUT2D eigenvalue weighted by atomic mass is 35.5. The average molecular weight is 358 g/mol. The molecule has 0 bridgehead atoms. The van der Waals surface area contributed by atoms with Gasteiger partial charge in [-0.05, 0) is 37.5 Å². The molecule has 0 aromatic heterocycles. The molecule has 2 aliphatic rings. The van der Waals surface area contributed by atoms with Crippen molar-refractivity contribution >= 4 is 29.1 Å². The molecule has 3 rings (SSSR count). The molecule has 130 valence electrons. The highest BCUT2D eigenvalue weighted by molar-refractivity contribution is 6.30. The van der Waals surface area contributed by atoms with Gasteiger partial charge in [-0.3, -0.25) is 14.6 Å². The predicted octanol–water partition coefficient (Wildman–Crippen LogP) is 4.25. The number of Topliss-reactive ketones (excluding diaryl/α,β-unsaturated/α-hetero) is 1. The van der Waals surface area contributed by atoms with Gasteiger partial charge < -0.3 is 4.74 Å². The molecule has 1 heterocycles. The first-order chi connectivity index (χ1) is 12.0. The van der Waals surface area contributed by atoms with Gasteiger partial charge in [0, 0.05) is 34.3 Å². The summed E-state index contributed by atoms with van der Waals surface area (Å²) in [6.07, 6.45) is 3.56. The number of halogens is 1. The van der Waals surface area contributed by atoms with Gasteiger partial charge in [0.25, 0.3) is 0 Å². The van der Waals surface area contributed by atoms with Crippen molar-refractivity contribution in [3.63, 3.8) is 0 Å². The molecule has 25 heavy (non-hydrogen) atoms. The lowest BCUT2D eigenvalue weighted by Crippen LogP contribution is -2.37. The van der Waals surface area contributed by atoms with Crippen molar-refractivity contribution in [1.29, 1.82) is 0 Å². The van der Waals surface area contributed by atoms with Gasteiger partial charge in [-0.2, -0.15) is 0 Å². The number of rotatable bonds is 4. The van der Waals surface area contributed by atoms with E-state index >= 15 is 0 Å². The number of allylic oxidation sites excluding steroid dienone is 2. The minimum atomic E-state index is -0.626. The molecule has 0 radical (unpaired) electrons. The molecule has 0 spiro atoms. The highest BCUT2D eigenvalue weighted by Gasteiger charge is 2.43. The second-order valence-electron chi connectivity index (χ2n) is 6.32. The molecule has 0 saturated carbocycles. The summed E-state index contributed by atoms with van der Waals surface area (Å²) < 4.78 is 5.29. The van der Waals surface area contributed by atoms with Crippen molar-refractivity contribution in [3.8, 4) is 0 Å². The van der Waals surface area contributed by atoms with E-state index in [4.69, 9.17) is 16.3 Å². The lowest BCUT2D eigenvalue weighted by Gasteiger charge is -2.34. The predicted molar refractivity (Wildman–Crippen MR) is 97.8 cm³/mol. The number of carbonyl (C=O) groups is 2. The van der Waals surface area contributed by atoms with E-state index in [1.807, 2.05) is 25.1 Å². The number of ether oxygens (including phenoxy) is 1. The van der Waals surface area contributed by atoms with Gasteiger partial charge in [0.15, 0.2) is 5.78 Å². The number of carbonyl (C=O) groups excluding carboxylic acids is 2. The molecule has 5 heteroatoms. The van der Waals surface area contributed by atoms with E-state index in [0.717, 1.165) is 24.1 Å². The summed E-state index contributed by atoms with van der Waals surface area (Å²) >= 11 is 6.16. The quantitative estimate of drug-likeness (QED) is 0.598. The number of ketones is 1. The van der Waals surface area contributed by atoms with Gasteiger partial charge in [0.05, 0.1) is 0 Å². The molecule has 2 atom stereocenters. The molecule has 1 aliphatic carbocycles. The zero-order valence-corrected chi connectivity index (χ0v) is 14.9. The zero-order chi connectivity index (χ0) is 18.0. The number of benzene rings is 1. The Bertz CT molecular complexity index is 794. The fourth-order valence-electron chi connectivity index (χ4n) is 3.60. The SMILES string of the molecule is C=CCOC(=O)C1C(C)=NC2=C(C(=O)CCC2)[C@H]1c1cccc(Cl)c1. The summed E-state index contributed by atoms with van der Waals surface area (Å²) in [5.74, 6) is -1.37. The Labute approximate surface area is 152 Å². The third kappa shape index (κ3) is 3.45. The van der Waals surface area contributed by atoms with E-state index in [1.165, 1.54) is 6.08 Å². The minimum Gasteiger partial charge on any atom is -0.461 e. The molecule has 0 fully saturated rings. The van der Waals surface area contributed by atoms with Crippen LogP contribution in [0, 0.1) is 5.92 Å². The Kier molecular flexibility index (Phi) is 5.19. The van der Waals surface area contributed by atoms with Crippen LogP contribution in [0.5, 0.6) is 0 Å². The number of esters is 1. The van der Waals surface area contributed by atoms with Crippen LogP contribution in [0.3, 0.4) is 0 Å². The molecule has 0 N–H and O–H groups in total. The van der Waals surface area contributed by atoms with E-state index in [9.17, 15) is 9.59 Å². The van der Waals surface area contributed by atoms with Gasteiger partial charge in [0.2, 0.25) is 0 Å². The Morgan fingerprint density at radius 3 is 2.96 bits per heavy atom. The van der Waals surface area contributed by atoms with Gasteiger partial charge in [-0.1, -0.05) is 36.4 Å². The number of aliphatic imine (C=N–C) groups is 1. The molecule has 1 aliphatic heterocycles. The van der Waals surface area contributed by atoms with Crippen molar-refractivity contribution in [2.75, 3.05) is 6.61 Å². The standard InChI is InChI=1S/C20H20ClNO3/c1-3-10-25-20(24)17-12(2)22-15-8-5-9-16(23)19(15)18(17)13-6-4-7-14(21)11-13/h3-4,6-7,11,17-18H,1,5,8-10H2,2H3/t17?,18-/m0/s1. The van der Waals surface area contributed by atoms with Crippen LogP contribution < -0.4 is 0 Å². The number of nitrogens with zero attached hydrogens (tertiary/aromatic N) is 1. The van der Waals surface area contributed by atoms with Crippen LogP contribution in [0.4, 0.5) is 0 Å². The molecule has 0 amide bonds. The maximum Gasteiger partial charge on any atom is 0.315 e. The smallest absolute Gasteiger partial charge is 0.315 e. The Morgan fingerprint density at radius 2 is 2.24 bits per heavy atom. The third-order valence-corrected chi connectivity index (χ3v) is 4.87. The van der Waals surface area contributed by atoms with Crippen LogP contribution >= 0.6 is 11.6 Å². The second-order valence-corrected chi connectivity index (χ2v) is 6.76. The van der Waals surface area contributed by atoms with Gasteiger partial charge >= 0.3 is 5.97 Å². The average Bonchev–Trinajstić information content (AvgIpc) is 2.58. The van der Waals surface area contributed by atoms with E-state index in [0.29, 0.717) is 22.7 Å². The maximum atomic E-state index is 12.7. The van der Waals surface area contributed by atoms with E-state index in [2.05, 4.69) is 11.6 Å². The van der Waals surface area contributed by atoms with Crippen LogP contribution in [0.15, 0.2) is 53.2 Å². The molecule has 1 unspecified atom stereocenters. The first-order valence-corrected chi connectivity index (χ1v) is 8.75. The molecule has 4 nitrogen and oxygen atoms in total. The van der Waals surface area contributed by atoms with Crippen molar-refractivity contribution in [2.45, 2.75) is 32.1 Å². The molecule has 1 aromatic rings. The van der Waals surface area contributed by atoms with Crippen LogP contribution in [0.1, 0.15) is 37.7 Å². The van der Waals surface area contributed by atoms with E-state index < -0.39 is 17.8 Å². The van der Waals surface area contributed by atoms with Crippen LogP contribution in [0.2, 0.25) is 5.02 Å². The number of hydrogen-bond acceptors (Lipinski definition) is 4. The van der Waals surface area contributed by atoms with Crippen LogP contribution in [-0.2, 0) is 14.3 Å². The first-order valence-electron chi connectivity index (χ1n) is 8.37. The maximum absolute atomic E-state index is 12.7. The summed E-state index contributed by atoms with van der Waals surface area (Å²) in [5, 5.41) is 0.571. The molecular weight excluding hydrogens is 338 g/mol. The summed E-state index contributed by atoms with van der Waals surface area (Å²) in [6, 6.07) is 7.32. The van der Waals surface area contributed by atoms with E-state index in [1.54, 1.807) is 6.07 Å². The third-order valence-electron chi connectivity index (χ3n) is 4.64. The summed E-state index contributed by atoms with van der Waals surface area (Å²) in [5.41, 5.74) is 2.95. The Balaban J connectivity index is 2.12. The van der Waals surface area contributed by atoms with Crippen LogP contribution in [0.25, 0.3) is 0 Å². The topological polar surface area (TPSA) is 55.7 Å². The zero-order valence-electron chi connectivity index (χ0n) is 14.1. The first kappa shape index (κ1) is 17.6. The van der Waals surface area contributed by atoms with Crippen LogP contribution in [-0.4, -0.2) is 24.1 Å². The van der Waals surface area contributed by atoms with Gasteiger partial charge in [0.1, 0.15) is 12.5 Å². The van der Waals surface area contributed by atoms with Crippen molar-refractivity contribution in [2.24, 2.45) is 10.9 Å². The Hall–Kier alpha value is -2.20.